The van der Waals surface area contributed by atoms with E-state index in [4.69, 9.17) is 4.74 Å². The highest BCUT2D eigenvalue weighted by molar-refractivity contribution is 7.13. The molecule has 2 rings (SSSR count). The molecule has 0 aliphatic heterocycles. The van der Waals surface area contributed by atoms with Gasteiger partial charge in [-0.2, -0.15) is 0 Å². The molecule has 1 aromatic carbocycles. The SMILES string of the molecule is CCCCc1nc(C)c(C(=O)NNC(=O)CNc2ccc(OC)cc2)s1. The number of ether oxygens (including phenoxy) is 1. The number of hydrogen-bond donors (Lipinski definition) is 3. The van der Waals surface area contributed by atoms with Crippen LogP contribution in [0.2, 0.25) is 0 Å². The summed E-state index contributed by atoms with van der Waals surface area (Å²) in [5.41, 5.74) is 6.31. The number of carbonyl (C=O) groups is 2. The quantitative estimate of drug-likeness (QED) is 0.616. The number of hydrogen-bond acceptors (Lipinski definition) is 6. The van der Waals surface area contributed by atoms with Gasteiger partial charge in [0.1, 0.15) is 10.6 Å². The van der Waals surface area contributed by atoms with Crippen LogP contribution in [0.15, 0.2) is 24.3 Å². The van der Waals surface area contributed by atoms with Crippen molar-refractivity contribution in [1.82, 2.24) is 15.8 Å². The summed E-state index contributed by atoms with van der Waals surface area (Å²) in [4.78, 5) is 29.0. The van der Waals surface area contributed by atoms with Gasteiger partial charge in [0.05, 0.1) is 24.4 Å². The van der Waals surface area contributed by atoms with Crippen molar-refractivity contribution in [3.63, 3.8) is 0 Å². The molecule has 0 bridgehead atoms. The number of benzene rings is 1. The lowest BCUT2D eigenvalue weighted by Gasteiger charge is -2.09. The van der Waals surface area contributed by atoms with Crippen molar-refractivity contribution in [3.05, 3.63) is 39.8 Å². The number of carbonyl (C=O) groups excluding carboxylic acids is 2. The molecule has 0 unspecified atom stereocenters. The summed E-state index contributed by atoms with van der Waals surface area (Å²) >= 11 is 1.37. The summed E-state index contributed by atoms with van der Waals surface area (Å²) in [5, 5.41) is 3.92. The molecule has 26 heavy (non-hydrogen) atoms. The smallest absolute Gasteiger partial charge is 0.281 e. The van der Waals surface area contributed by atoms with Crippen molar-refractivity contribution in [2.24, 2.45) is 0 Å². The third-order valence-corrected chi connectivity index (χ3v) is 4.87. The number of nitrogens with zero attached hydrogens (tertiary/aromatic N) is 1. The van der Waals surface area contributed by atoms with E-state index in [2.05, 4.69) is 28.1 Å². The average molecular weight is 376 g/mol. The maximum atomic E-state index is 12.2. The van der Waals surface area contributed by atoms with Crippen molar-refractivity contribution < 1.29 is 14.3 Å². The molecule has 0 aliphatic rings. The van der Waals surface area contributed by atoms with E-state index in [1.54, 1.807) is 26.2 Å². The first-order valence-electron chi connectivity index (χ1n) is 8.47. The van der Waals surface area contributed by atoms with Crippen LogP contribution in [0.25, 0.3) is 0 Å². The lowest BCUT2D eigenvalue weighted by Crippen LogP contribution is -2.44. The number of anilines is 1. The zero-order valence-electron chi connectivity index (χ0n) is 15.2. The maximum absolute atomic E-state index is 12.2. The lowest BCUT2D eigenvalue weighted by molar-refractivity contribution is -0.120. The summed E-state index contributed by atoms with van der Waals surface area (Å²) in [6.45, 7) is 3.95. The molecule has 0 saturated heterocycles. The molecule has 0 fully saturated rings. The van der Waals surface area contributed by atoms with E-state index in [9.17, 15) is 9.59 Å². The average Bonchev–Trinajstić information content (AvgIpc) is 3.03. The monoisotopic (exact) mass is 376 g/mol. The fourth-order valence-electron chi connectivity index (χ4n) is 2.22. The standard InChI is InChI=1S/C18H24N4O3S/c1-4-5-6-16-20-12(2)17(26-16)18(24)22-21-15(23)11-19-13-7-9-14(25-3)10-8-13/h7-10,19H,4-6,11H2,1-3H3,(H,21,23)(H,22,24). The van der Waals surface area contributed by atoms with Crippen molar-refractivity contribution >= 4 is 28.8 Å². The molecule has 0 spiro atoms. The molecule has 1 aromatic heterocycles. The molecule has 2 amide bonds. The third-order valence-electron chi connectivity index (χ3n) is 3.65. The van der Waals surface area contributed by atoms with Gasteiger partial charge >= 0.3 is 0 Å². The number of aryl methyl sites for hydroxylation is 2. The molecule has 0 radical (unpaired) electrons. The summed E-state index contributed by atoms with van der Waals surface area (Å²) in [7, 11) is 1.59. The Balaban J connectivity index is 1.79. The molecule has 140 valence electrons. The predicted octanol–water partition coefficient (Wildman–Crippen LogP) is 2.68. The van der Waals surface area contributed by atoms with Gasteiger partial charge in [-0.25, -0.2) is 4.98 Å². The molecule has 3 N–H and O–H groups in total. The summed E-state index contributed by atoms with van der Waals surface area (Å²) < 4.78 is 5.08. The Labute approximate surface area is 157 Å². The first kappa shape index (κ1) is 19.7. The van der Waals surface area contributed by atoms with E-state index in [-0.39, 0.29) is 18.4 Å². The van der Waals surface area contributed by atoms with Crippen molar-refractivity contribution in [3.8, 4) is 5.75 Å². The fraction of sp³-hybridized carbons (Fsp3) is 0.389. The first-order chi connectivity index (χ1) is 12.5. The van der Waals surface area contributed by atoms with Gasteiger partial charge in [-0.3, -0.25) is 20.4 Å². The molecule has 8 heteroatoms. The van der Waals surface area contributed by atoms with Crippen molar-refractivity contribution in [2.45, 2.75) is 33.1 Å². The van der Waals surface area contributed by atoms with E-state index < -0.39 is 0 Å². The van der Waals surface area contributed by atoms with Crippen molar-refractivity contribution in [2.75, 3.05) is 19.0 Å². The second kappa shape index (κ2) is 9.76. The molecule has 0 atom stereocenters. The van der Waals surface area contributed by atoms with Gasteiger partial charge in [0.15, 0.2) is 0 Å². The first-order valence-corrected chi connectivity index (χ1v) is 9.28. The van der Waals surface area contributed by atoms with Gasteiger partial charge in [-0.1, -0.05) is 13.3 Å². The zero-order chi connectivity index (χ0) is 18.9. The maximum Gasteiger partial charge on any atom is 0.281 e. The molecular weight excluding hydrogens is 352 g/mol. The highest BCUT2D eigenvalue weighted by Gasteiger charge is 2.15. The third kappa shape index (κ3) is 5.73. The number of nitrogens with one attached hydrogen (secondary N) is 3. The van der Waals surface area contributed by atoms with E-state index in [0.717, 1.165) is 35.7 Å². The predicted molar refractivity (Wildman–Crippen MR) is 103 cm³/mol. The van der Waals surface area contributed by atoms with Crippen LogP contribution in [-0.4, -0.2) is 30.5 Å². The van der Waals surface area contributed by atoms with Gasteiger partial charge < -0.3 is 10.1 Å². The van der Waals surface area contributed by atoms with Crippen LogP contribution < -0.4 is 20.9 Å². The van der Waals surface area contributed by atoms with E-state index >= 15 is 0 Å². The number of amides is 2. The van der Waals surface area contributed by atoms with Gasteiger partial charge in [-0.15, -0.1) is 11.3 Å². The zero-order valence-corrected chi connectivity index (χ0v) is 16.0. The molecule has 2 aromatic rings. The summed E-state index contributed by atoms with van der Waals surface area (Å²) in [6.07, 6.45) is 2.99. The van der Waals surface area contributed by atoms with Crippen LogP contribution in [0, 0.1) is 6.92 Å². The summed E-state index contributed by atoms with van der Waals surface area (Å²) in [5.74, 6) is 0.0496. The number of aromatic nitrogens is 1. The molecule has 0 saturated carbocycles. The Hall–Kier alpha value is -2.61. The normalized spacial score (nSPS) is 10.3. The minimum Gasteiger partial charge on any atom is -0.497 e. The largest absolute Gasteiger partial charge is 0.497 e. The van der Waals surface area contributed by atoms with Crippen LogP contribution in [0.1, 0.15) is 40.1 Å². The van der Waals surface area contributed by atoms with Gasteiger partial charge in [0.25, 0.3) is 11.8 Å². The second-order valence-corrected chi connectivity index (χ2v) is 6.79. The van der Waals surface area contributed by atoms with E-state index in [1.165, 1.54) is 11.3 Å². The fourth-order valence-corrected chi connectivity index (χ4v) is 3.22. The Morgan fingerprint density at radius 1 is 1.19 bits per heavy atom. The highest BCUT2D eigenvalue weighted by Crippen LogP contribution is 2.19. The van der Waals surface area contributed by atoms with Crippen LogP contribution in [0.3, 0.4) is 0 Å². The Kier molecular flexibility index (Phi) is 7.40. The molecule has 0 aliphatic carbocycles. The van der Waals surface area contributed by atoms with E-state index in [0.29, 0.717) is 10.6 Å². The van der Waals surface area contributed by atoms with Crippen molar-refractivity contribution in [1.29, 1.82) is 0 Å². The highest BCUT2D eigenvalue weighted by atomic mass is 32.1. The number of thiazole rings is 1. The molecule has 1 heterocycles. The number of methoxy groups -OCH3 is 1. The Morgan fingerprint density at radius 2 is 1.92 bits per heavy atom. The second-order valence-electron chi connectivity index (χ2n) is 5.71. The minimum atomic E-state index is -0.347. The van der Waals surface area contributed by atoms with Gasteiger partial charge in [0, 0.05) is 5.69 Å². The van der Waals surface area contributed by atoms with Crippen LogP contribution in [-0.2, 0) is 11.2 Å². The molecule has 7 nitrogen and oxygen atoms in total. The molecular formula is C18H24N4O3S. The van der Waals surface area contributed by atoms with Gasteiger partial charge in [0.2, 0.25) is 0 Å². The van der Waals surface area contributed by atoms with Crippen LogP contribution >= 0.6 is 11.3 Å². The number of rotatable bonds is 8. The number of unbranched alkanes of at least 4 members (excludes halogenated alkanes) is 1. The lowest BCUT2D eigenvalue weighted by atomic mass is 10.3. The summed E-state index contributed by atoms with van der Waals surface area (Å²) in [6, 6.07) is 7.21. The Morgan fingerprint density at radius 3 is 2.58 bits per heavy atom. The topological polar surface area (TPSA) is 92.4 Å². The minimum absolute atomic E-state index is 0.0377. The number of hydrazine groups is 1. The van der Waals surface area contributed by atoms with E-state index in [1.807, 2.05) is 12.1 Å². The Bertz CT molecular complexity index is 743. The van der Waals surface area contributed by atoms with Crippen LogP contribution in [0.4, 0.5) is 5.69 Å². The van der Waals surface area contributed by atoms with Gasteiger partial charge in [-0.05, 0) is 44.0 Å². The van der Waals surface area contributed by atoms with Crippen LogP contribution in [0.5, 0.6) is 5.75 Å².